The Bertz CT molecular complexity index is 940. The summed E-state index contributed by atoms with van der Waals surface area (Å²) >= 11 is 0. The number of carboxylic acid groups (broad SMARTS) is 1. The monoisotopic (exact) mass is 397 g/mol. The van der Waals surface area contributed by atoms with Gasteiger partial charge in [0, 0.05) is 5.56 Å². The molecule has 2 aromatic carbocycles. The summed E-state index contributed by atoms with van der Waals surface area (Å²) in [7, 11) is 0. The van der Waals surface area contributed by atoms with Crippen LogP contribution in [0.3, 0.4) is 0 Å². The molecule has 0 bridgehead atoms. The molecule has 0 fully saturated rings. The van der Waals surface area contributed by atoms with Crippen LogP contribution in [0.4, 0.5) is 4.79 Å². The molecular weight excluding hydrogens is 370 g/mol. The Kier molecular flexibility index (Phi) is 7.19. The first-order valence-electron chi connectivity index (χ1n) is 10.1. The number of rotatable bonds is 10. The fourth-order valence-corrected chi connectivity index (χ4v) is 3.34. The number of aromatic nitrogens is 2. The van der Waals surface area contributed by atoms with E-state index < -0.39 is 12.1 Å². The van der Waals surface area contributed by atoms with E-state index in [9.17, 15) is 9.90 Å². The van der Waals surface area contributed by atoms with Gasteiger partial charge < -0.3 is 20.1 Å². The molecule has 0 aliphatic rings. The topological polar surface area (TPSA) is 108 Å². The fourth-order valence-electron chi connectivity index (χ4n) is 3.34. The second-order valence-corrected chi connectivity index (χ2v) is 7.22. The predicted molar refractivity (Wildman–Crippen MR) is 111 cm³/mol. The Hall–Kier alpha value is -2.93. The van der Waals surface area contributed by atoms with Crippen molar-refractivity contribution in [3.63, 3.8) is 0 Å². The van der Waals surface area contributed by atoms with Gasteiger partial charge in [0.2, 0.25) is 0 Å². The van der Waals surface area contributed by atoms with Crippen LogP contribution < -0.4 is 5.32 Å². The van der Waals surface area contributed by atoms with Crippen LogP contribution in [0.2, 0.25) is 0 Å². The van der Waals surface area contributed by atoms with Gasteiger partial charge in [0.15, 0.2) is 5.82 Å². The predicted octanol–water partition coefficient (Wildman–Crippen LogP) is 4.92. The van der Waals surface area contributed by atoms with Gasteiger partial charge >= 0.3 is 6.09 Å². The van der Waals surface area contributed by atoms with E-state index >= 15 is 0 Å². The van der Waals surface area contributed by atoms with Gasteiger partial charge in [-0.05, 0) is 42.2 Å². The minimum absolute atomic E-state index is 0.260. The van der Waals surface area contributed by atoms with E-state index in [1.54, 1.807) is 0 Å². The summed E-state index contributed by atoms with van der Waals surface area (Å²) in [5.41, 5.74) is 0.796. The smallest absolute Gasteiger partial charge is 0.405 e. The first-order valence-corrected chi connectivity index (χ1v) is 10.1. The van der Waals surface area contributed by atoms with Crippen molar-refractivity contribution in [2.24, 2.45) is 0 Å². The van der Waals surface area contributed by atoms with Gasteiger partial charge in [-0.3, -0.25) is 0 Å². The average Bonchev–Trinajstić information content (AvgIpc) is 3.22. The van der Waals surface area contributed by atoms with Crippen LogP contribution in [0.25, 0.3) is 22.2 Å². The minimum Gasteiger partial charge on any atom is -0.465 e. The van der Waals surface area contributed by atoms with Gasteiger partial charge in [-0.25, -0.2) is 4.79 Å². The number of hydrogen-bond acceptors (Lipinski definition) is 5. The molecule has 0 saturated carbocycles. The number of nitrogens with zero attached hydrogens (tertiary/aromatic N) is 2. The Balaban J connectivity index is 1.67. The number of benzene rings is 2. The molecule has 0 aliphatic carbocycles. The van der Waals surface area contributed by atoms with Crippen LogP contribution in [0, 0.1) is 0 Å². The summed E-state index contributed by atoms with van der Waals surface area (Å²) in [5.74, 6) is 0.707. The van der Waals surface area contributed by atoms with Crippen LogP contribution in [0.5, 0.6) is 0 Å². The SMILES string of the molecule is CCC(O)CCCCC[C@H](NC(=O)O)c1noc(-c2ccc3ccccc3c2)n1. The lowest BCUT2D eigenvalue weighted by Gasteiger charge is -2.13. The highest BCUT2D eigenvalue weighted by molar-refractivity contribution is 5.86. The van der Waals surface area contributed by atoms with Gasteiger partial charge in [0.05, 0.1) is 12.1 Å². The molecule has 154 valence electrons. The van der Waals surface area contributed by atoms with Crippen molar-refractivity contribution in [1.29, 1.82) is 0 Å². The van der Waals surface area contributed by atoms with Crippen molar-refractivity contribution in [3.05, 3.63) is 48.3 Å². The van der Waals surface area contributed by atoms with Gasteiger partial charge in [0.1, 0.15) is 0 Å². The molecule has 0 aliphatic heterocycles. The van der Waals surface area contributed by atoms with E-state index in [1.165, 1.54) is 0 Å². The summed E-state index contributed by atoms with van der Waals surface area (Å²) in [6.45, 7) is 1.96. The van der Waals surface area contributed by atoms with Crippen LogP contribution in [0.1, 0.15) is 57.3 Å². The molecule has 1 heterocycles. The number of aliphatic hydroxyl groups is 1. The molecule has 29 heavy (non-hydrogen) atoms. The first-order chi connectivity index (χ1) is 14.1. The fraction of sp³-hybridized carbons (Fsp3) is 0.409. The third-order valence-electron chi connectivity index (χ3n) is 5.05. The summed E-state index contributed by atoms with van der Waals surface area (Å²) in [6, 6.07) is 13.4. The largest absolute Gasteiger partial charge is 0.465 e. The molecular formula is C22H27N3O4. The highest BCUT2D eigenvalue weighted by Crippen LogP contribution is 2.25. The molecule has 1 amide bonds. The van der Waals surface area contributed by atoms with Crippen LogP contribution >= 0.6 is 0 Å². The minimum atomic E-state index is -1.12. The maximum atomic E-state index is 11.2. The second kappa shape index (κ2) is 10.0. The number of hydrogen-bond donors (Lipinski definition) is 3. The first kappa shape index (κ1) is 20.8. The number of unbranched alkanes of at least 4 members (excludes halogenated alkanes) is 2. The Morgan fingerprint density at radius 3 is 2.62 bits per heavy atom. The average molecular weight is 397 g/mol. The van der Waals surface area contributed by atoms with E-state index in [0.717, 1.165) is 48.4 Å². The lowest BCUT2D eigenvalue weighted by atomic mass is 10.0. The Labute approximate surface area is 169 Å². The van der Waals surface area contributed by atoms with Crippen molar-refractivity contribution in [2.75, 3.05) is 0 Å². The molecule has 3 rings (SSSR count). The zero-order valence-corrected chi connectivity index (χ0v) is 16.5. The highest BCUT2D eigenvalue weighted by Gasteiger charge is 2.21. The number of fused-ring (bicyclic) bond motifs is 1. The van der Waals surface area contributed by atoms with E-state index in [4.69, 9.17) is 9.63 Å². The lowest BCUT2D eigenvalue weighted by molar-refractivity contribution is 0.156. The quantitative estimate of drug-likeness (QED) is 0.419. The summed E-state index contributed by atoms with van der Waals surface area (Å²) in [4.78, 5) is 15.6. The molecule has 7 heteroatoms. The maximum Gasteiger partial charge on any atom is 0.405 e. The molecule has 0 spiro atoms. The van der Waals surface area contributed by atoms with Gasteiger partial charge in [-0.15, -0.1) is 0 Å². The maximum absolute atomic E-state index is 11.2. The zero-order chi connectivity index (χ0) is 20.6. The molecule has 3 N–H and O–H groups in total. The lowest BCUT2D eigenvalue weighted by Crippen LogP contribution is -2.27. The normalized spacial score (nSPS) is 13.3. The van der Waals surface area contributed by atoms with Crippen molar-refractivity contribution >= 4 is 16.9 Å². The van der Waals surface area contributed by atoms with Gasteiger partial charge in [0.25, 0.3) is 5.89 Å². The number of aliphatic hydroxyl groups excluding tert-OH is 1. The highest BCUT2D eigenvalue weighted by atomic mass is 16.5. The Morgan fingerprint density at radius 2 is 1.86 bits per heavy atom. The van der Waals surface area contributed by atoms with Crippen molar-refractivity contribution in [2.45, 2.75) is 57.6 Å². The molecule has 1 unspecified atom stereocenters. The summed E-state index contributed by atoms with van der Waals surface area (Å²) < 4.78 is 5.41. The number of nitrogens with one attached hydrogen (secondary N) is 1. The van der Waals surface area contributed by atoms with Crippen LogP contribution in [-0.4, -0.2) is 32.6 Å². The van der Waals surface area contributed by atoms with Crippen molar-refractivity contribution in [3.8, 4) is 11.5 Å². The van der Waals surface area contributed by atoms with Gasteiger partial charge in [-0.1, -0.05) is 61.7 Å². The van der Waals surface area contributed by atoms with Crippen LogP contribution in [-0.2, 0) is 0 Å². The Morgan fingerprint density at radius 1 is 1.10 bits per heavy atom. The molecule has 1 aromatic heterocycles. The standard InChI is InChI=1S/C22H27N3O4/c1-2-18(26)10-4-3-5-11-19(23-22(27)28)20-24-21(29-25-20)17-13-12-15-8-6-7-9-16(15)14-17/h6-9,12-14,18-19,23,26H,2-5,10-11H2,1H3,(H,27,28)/t18?,19-/m0/s1. The third kappa shape index (κ3) is 5.77. The summed E-state index contributed by atoms with van der Waals surface area (Å²) in [6.07, 6.45) is 3.34. The molecule has 3 aromatic rings. The van der Waals surface area contributed by atoms with E-state index in [1.807, 2.05) is 49.4 Å². The van der Waals surface area contributed by atoms with E-state index in [2.05, 4.69) is 15.5 Å². The summed E-state index contributed by atoms with van der Waals surface area (Å²) in [5, 5.41) is 27.5. The van der Waals surface area contributed by atoms with Crippen molar-refractivity contribution in [1.82, 2.24) is 15.5 Å². The number of carbonyl (C=O) groups is 1. The molecule has 0 radical (unpaired) electrons. The number of amides is 1. The molecule has 2 atom stereocenters. The van der Waals surface area contributed by atoms with Crippen LogP contribution in [0.15, 0.2) is 47.0 Å². The third-order valence-corrected chi connectivity index (χ3v) is 5.05. The van der Waals surface area contributed by atoms with E-state index in [0.29, 0.717) is 18.1 Å². The zero-order valence-electron chi connectivity index (χ0n) is 16.5. The van der Waals surface area contributed by atoms with Gasteiger partial charge in [-0.2, -0.15) is 4.98 Å². The van der Waals surface area contributed by atoms with E-state index in [-0.39, 0.29) is 6.10 Å². The molecule has 0 saturated heterocycles. The second-order valence-electron chi connectivity index (χ2n) is 7.22. The van der Waals surface area contributed by atoms with Crippen molar-refractivity contribution < 1.29 is 19.5 Å². The molecule has 7 nitrogen and oxygen atoms in total.